The van der Waals surface area contributed by atoms with E-state index in [1.807, 2.05) is 31.2 Å². The van der Waals surface area contributed by atoms with E-state index < -0.39 is 11.7 Å². The van der Waals surface area contributed by atoms with Crippen molar-refractivity contribution in [3.8, 4) is 11.1 Å². The molecule has 3 rings (SSSR count). The molecule has 0 atom stereocenters. The Labute approximate surface area is 135 Å². The van der Waals surface area contributed by atoms with Crippen molar-refractivity contribution in [3.63, 3.8) is 0 Å². The molecule has 0 amide bonds. The summed E-state index contributed by atoms with van der Waals surface area (Å²) in [5, 5.41) is 5.53. The molecule has 1 heterocycles. The van der Waals surface area contributed by atoms with E-state index in [9.17, 15) is 13.2 Å². The maximum atomic E-state index is 13.0. The highest BCUT2D eigenvalue weighted by atomic mass is 32.1. The number of nitrogens with one attached hydrogen (secondary N) is 1. The summed E-state index contributed by atoms with van der Waals surface area (Å²) in [7, 11) is 0. The van der Waals surface area contributed by atoms with Crippen molar-refractivity contribution in [1.82, 2.24) is 4.98 Å². The summed E-state index contributed by atoms with van der Waals surface area (Å²) in [6.45, 7) is 1.94. The maximum Gasteiger partial charge on any atom is 0.416 e. The Bertz CT molecular complexity index is 794. The number of aromatic nitrogens is 1. The minimum Gasteiger partial charge on any atom is -0.331 e. The van der Waals surface area contributed by atoms with Crippen LogP contribution in [0.4, 0.5) is 24.0 Å². The van der Waals surface area contributed by atoms with E-state index in [-0.39, 0.29) is 0 Å². The molecule has 0 saturated carbocycles. The Hall–Kier alpha value is -2.34. The second-order valence-electron chi connectivity index (χ2n) is 5.09. The monoisotopic (exact) mass is 334 g/mol. The Morgan fingerprint density at radius 2 is 1.78 bits per heavy atom. The van der Waals surface area contributed by atoms with Crippen LogP contribution >= 0.6 is 11.3 Å². The molecule has 0 spiro atoms. The standard InChI is InChI=1S/C17H13F3N2S/c1-11-2-4-12(5-3-11)14-10-13(17(18,19)20)6-7-15(14)22-16-21-8-9-23-16/h2-10H,1H3,(H,21,22). The molecule has 118 valence electrons. The fourth-order valence-electron chi connectivity index (χ4n) is 2.20. The average molecular weight is 334 g/mol. The highest BCUT2D eigenvalue weighted by molar-refractivity contribution is 7.13. The van der Waals surface area contributed by atoms with E-state index in [0.717, 1.165) is 17.2 Å². The van der Waals surface area contributed by atoms with E-state index in [0.29, 0.717) is 16.4 Å². The third-order valence-corrected chi connectivity index (χ3v) is 4.07. The van der Waals surface area contributed by atoms with Crippen molar-refractivity contribution in [2.75, 3.05) is 5.32 Å². The molecule has 1 aromatic heterocycles. The van der Waals surface area contributed by atoms with Gasteiger partial charge in [-0.2, -0.15) is 13.2 Å². The zero-order chi connectivity index (χ0) is 16.4. The van der Waals surface area contributed by atoms with Gasteiger partial charge in [0.15, 0.2) is 5.13 Å². The van der Waals surface area contributed by atoms with Gasteiger partial charge in [0, 0.05) is 22.8 Å². The van der Waals surface area contributed by atoms with Gasteiger partial charge in [-0.1, -0.05) is 29.8 Å². The Morgan fingerprint density at radius 1 is 1.04 bits per heavy atom. The summed E-state index contributed by atoms with van der Waals surface area (Å²) in [6, 6.07) is 11.1. The van der Waals surface area contributed by atoms with Crippen LogP contribution in [-0.2, 0) is 6.18 Å². The molecule has 0 aliphatic carbocycles. The van der Waals surface area contributed by atoms with Crippen molar-refractivity contribution in [2.45, 2.75) is 13.1 Å². The molecular formula is C17H13F3N2S. The number of aryl methyl sites for hydroxylation is 1. The van der Waals surface area contributed by atoms with Crippen molar-refractivity contribution in [1.29, 1.82) is 0 Å². The first-order chi connectivity index (χ1) is 10.9. The van der Waals surface area contributed by atoms with Crippen molar-refractivity contribution >= 4 is 22.2 Å². The van der Waals surface area contributed by atoms with Gasteiger partial charge in [0.25, 0.3) is 0 Å². The summed E-state index contributed by atoms with van der Waals surface area (Å²) in [5.74, 6) is 0. The van der Waals surface area contributed by atoms with E-state index in [2.05, 4.69) is 10.3 Å². The number of hydrogen-bond acceptors (Lipinski definition) is 3. The number of halogens is 3. The number of benzene rings is 2. The van der Waals surface area contributed by atoms with Crippen molar-refractivity contribution in [2.24, 2.45) is 0 Å². The van der Waals surface area contributed by atoms with Crippen LogP contribution in [0.15, 0.2) is 54.0 Å². The normalized spacial score (nSPS) is 11.5. The molecule has 0 aliphatic heterocycles. The van der Waals surface area contributed by atoms with E-state index >= 15 is 0 Å². The van der Waals surface area contributed by atoms with Crippen molar-refractivity contribution in [3.05, 3.63) is 65.2 Å². The van der Waals surface area contributed by atoms with Crippen LogP contribution in [0.1, 0.15) is 11.1 Å². The summed E-state index contributed by atoms with van der Waals surface area (Å²) in [6.07, 6.45) is -2.73. The number of rotatable bonds is 3. The van der Waals surface area contributed by atoms with Gasteiger partial charge < -0.3 is 5.32 Å². The molecule has 0 saturated heterocycles. The van der Waals surface area contributed by atoms with E-state index in [1.54, 1.807) is 11.6 Å². The molecule has 0 fully saturated rings. The van der Waals surface area contributed by atoms with Crippen LogP contribution in [0.3, 0.4) is 0 Å². The highest BCUT2D eigenvalue weighted by Crippen LogP contribution is 2.37. The van der Waals surface area contributed by atoms with E-state index in [4.69, 9.17) is 0 Å². The Morgan fingerprint density at radius 3 is 2.39 bits per heavy atom. The topological polar surface area (TPSA) is 24.9 Å². The fourth-order valence-corrected chi connectivity index (χ4v) is 2.74. The fraction of sp³-hybridized carbons (Fsp3) is 0.118. The number of thiazole rings is 1. The lowest BCUT2D eigenvalue weighted by molar-refractivity contribution is -0.137. The molecule has 2 aromatic carbocycles. The first kappa shape index (κ1) is 15.6. The summed E-state index contributed by atoms with van der Waals surface area (Å²) >= 11 is 1.39. The first-order valence-electron chi connectivity index (χ1n) is 6.88. The second kappa shape index (κ2) is 6.04. The zero-order valence-electron chi connectivity index (χ0n) is 12.2. The molecule has 23 heavy (non-hydrogen) atoms. The Balaban J connectivity index is 2.09. The van der Waals surface area contributed by atoms with Crippen molar-refractivity contribution < 1.29 is 13.2 Å². The lowest BCUT2D eigenvalue weighted by Gasteiger charge is -2.14. The molecule has 3 aromatic rings. The number of alkyl halides is 3. The third-order valence-electron chi connectivity index (χ3n) is 3.38. The smallest absolute Gasteiger partial charge is 0.331 e. The van der Waals surface area contributed by atoms with Crippen LogP contribution in [0.5, 0.6) is 0 Å². The van der Waals surface area contributed by atoms with Gasteiger partial charge in [0.2, 0.25) is 0 Å². The maximum absolute atomic E-state index is 13.0. The summed E-state index contributed by atoms with van der Waals surface area (Å²) in [5.41, 5.74) is 2.19. The third kappa shape index (κ3) is 3.53. The number of anilines is 2. The summed E-state index contributed by atoms with van der Waals surface area (Å²) in [4.78, 5) is 4.12. The largest absolute Gasteiger partial charge is 0.416 e. The van der Waals surface area contributed by atoms with Gasteiger partial charge in [0.05, 0.1) is 5.56 Å². The van der Waals surface area contributed by atoms with Crippen LogP contribution in [-0.4, -0.2) is 4.98 Å². The first-order valence-corrected chi connectivity index (χ1v) is 7.76. The molecule has 2 nitrogen and oxygen atoms in total. The van der Waals surface area contributed by atoms with Crippen LogP contribution in [0.25, 0.3) is 11.1 Å². The lowest BCUT2D eigenvalue weighted by Crippen LogP contribution is -2.05. The molecule has 6 heteroatoms. The molecular weight excluding hydrogens is 321 g/mol. The molecule has 0 radical (unpaired) electrons. The molecule has 0 unspecified atom stereocenters. The Kier molecular flexibility index (Phi) is 4.09. The lowest BCUT2D eigenvalue weighted by atomic mass is 9.99. The number of hydrogen-bond donors (Lipinski definition) is 1. The van der Waals surface area contributed by atoms with Gasteiger partial charge in [-0.25, -0.2) is 4.98 Å². The van der Waals surface area contributed by atoms with Gasteiger partial charge in [-0.15, -0.1) is 11.3 Å². The predicted octanol–water partition coefficient (Wildman–Crippen LogP) is 5.88. The van der Waals surface area contributed by atoms with E-state index in [1.165, 1.54) is 23.5 Å². The molecule has 0 bridgehead atoms. The zero-order valence-corrected chi connectivity index (χ0v) is 13.0. The van der Waals surface area contributed by atoms with Gasteiger partial charge in [-0.3, -0.25) is 0 Å². The quantitative estimate of drug-likeness (QED) is 0.647. The molecule has 0 aliphatic rings. The van der Waals surface area contributed by atoms with Gasteiger partial charge in [0.1, 0.15) is 0 Å². The molecule has 1 N–H and O–H groups in total. The van der Waals surface area contributed by atoms with Crippen LogP contribution < -0.4 is 5.32 Å². The van der Waals surface area contributed by atoms with Gasteiger partial charge >= 0.3 is 6.18 Å². The summed E-state index contributed by atoms with van der Waals surface area (Å²) < 4.78 is 39.1. The SMILES string of the molecule is Cc1ccc(-c2cc(C(F)(F)F)ccc2Nc2nccs2)cc1. The predicted molar refractivity (Wildman–Crippen MR) is 87.0 cm³/mol. The van der Waals surface area contributed by atoms with Crippen LogP contribution in [0, 0.1) is 6.92 Å². The van der Waals surface area contributed by atoms with Crippen LogP contribution in [0.2, 0.25) is 0 Å². The van der Waals surface area contributed by atoms with Gasteiger partial charge in [-0.05, 0) is 30.7 Å². The number of nitrogens with zero attached hydrogens (tertiary/aromatic N) is 1. The second-order valence-corrected chi connectivity index (χ2v) is 5.98. The minimum absolute atomic E-state index is 0.495. The average Bonchev–Trinajstić information content (AvgIpc) is 3.00. The minimum atomic E-state index is -4.38. The highest BCUT2D eigenvalue weighted by Gasteiger charge is 2.31.